The predicted molar refractivity (Wildman–Crippen MR) is 364 cm³/mol. The van der Waals surface area contributed by atoms with Gasteiger partial charge in [-0.15, -0.1) is 0 Å². The van der Waals surface area contributed by atoms with Crippen molar-refractivity contribution in [3.8, 4) is 46.0 Å². The molecule has 0 saturated carbocycles. The molecule has 8 aromatic carbocycles. The molecule has 0 spiro atoms. The molecule has 0 aromatic heterocycles. The Kier molecular flexibility index (Phi) is 34.8. The summed E-state index contributed by atoms with van der Waals surface area (Å²) in [7, 11) is -7.30. The molecule has 528 valence electrons. The summed E-state index contributed by atoms with van der Waals surface area (Å²) >= 11 is 0. The van der Waals surface area contributed by atoms with Gasteiger partial charge in [-0.05, 0) is 167 Å². The third-order valence-electron chi connectivity index (χ3n) is 15.3. The number of hydrogen-bond acceptors (Lipinski definition) is 22. The Morgan fingerprint density at radius 1 is 0.354 bits per heavy atom. The van der Waals surface area contributed by atoms with E-state index in [1.807, 2.05) is 24.3 Å². The molecule has 1 heterocycles. The van der Waals surface area contributed by atoms with Crippen molar-refractivity contribution in [3.05, 3.63) is 239 Å². The standard InChI is InChI=1S/C37H44O11S.C33H36O8.C4H8O3S.Na/c38-21-29-3-11-33(12-4-29)45-25-37(26-46-34-13-5-30(22-39)6-14-34,27-47-35-15-7-31(23-40)8-16-35)28-48-36-17-9-32(10-18-36)24-44-19-1-2-20-49(41,42)43;34-17-25-1-9-29(10-2-25)38-21-33(22-39-30-11-3-26(18-35)4-12-30,23-40-31-13-5-27(19-36)6-14-31)24-41-32-15-7-28(20-37)8-16-32;5-8(6)4-2-1-3-7-8;/h3-18,38-40H,1-2,19-28H2,(H,41,42,43);1-16,34-37H,17-24H2;1-4H2;/q;;;+1/p-1. The summed E-state index contributed by atoms with van der Waals surface area (Å²) in [6, 6.07) is 57.6. The summed E-state index contributed by atoms with van der Waals surface area (Å²) in [5.74, 6) is 4.69. The minimum Gasteiger partial charge on any atom is -0.748 e. The smallest absolute Gasteiger partial charge is 0.748 e. The molecule has 7 N–H and O–H groups in total. The van der Waals surface area contributed by atoms with Crippen LogP contribution in [0.25, 0.3) is 0 Å². The van der Waals surface area contributed by atoms with E-state index in [2.05, 4.69) is 4.18 Å². The molecular weight excluding hydrogens is 1330 g/mol. The largest absolute Gasteiger partial charge is 1.00 e. The third-order valence-corrected chi connectivity index (χ3v) is 17.4. The van der Waals surface area contributed by atoms with Gasteiger partial charge in [-0.3, -0.25) is 4.18 Å². The van der Waals surface area contributed by atoms with Crippen molar-refractivity contribution >= 4 is 20.2 Å². The predicted octanol–water partition coefficient (Wildman–Crippen LogP) is 6.00. The Morgan fingerprint density at radius 2 is 0.576 bits per heavy atom. The van der Waals surface area contributed by atoms with Gasteiger partial charge < -0.3 is 82.9 Å². The minimum absolute atomic E-state index is 0. The summed E-state index contributed by atoms with van der Waals surface area (Å²) in [5.41, 5.74) is 4.65. The minimum atomic E-state index is -4.21. The van der Waals surface area contributed by atoms with Crippen LogP contribution in [0, 0.1) is 10.8 Å². The average molecular weight is 1420 g/mol. The molecule has 1 aliphatic rings. The molecular formula is C74H87NaO22S2. The maximum atomic E-state index is 10.8. The molecule has 9 rings (SSSR count). The maximum absolute atomic E-state index is 10.8. The Morgan fingerprint density at radius 3 is 0.747 bits per heavy atom. The molecule has 25 heteroatoms. The maximum Gasteiger partial charge on any atom is 1.00 e. The zero-order valence-corrected chi connectivity index (χ0v) is 59.1. The van der Waals surface area contributed by atoms with Crippen LogP contribution in [0.4, 0.5) is 0 Å². The second-order valence-electron chi connectivity index (χ2n) is 23.4. The van der Waals surface area contributed by atoms with Crippen molar-refractivity contribution in [1.29, 1.82) is 0 Å². The number of aliphatic hydroxyl groups is 7. The van der Waals surface area contributed by atoms with Crippen LogP contribution in [0.2, 0.25) is 0 Å². The molecule has 1 aliphatic heterocycles. The molecule has 0 atom stereocenters. The fraction of sp³-hybridized carbons (Fsp3) is 0.351. The van der Waals surface area contributed by atoms with Crippen LogP contribution >= 0.6 is 0 Å². The van der Waals surface area contributed by atoms with Gasteiger partial charge in [-0.25, -0.2) is 8.42 Å². The first-order valence-electron chi connectivity index (χ1n) is 31.8. The quantitative estimate of drug-likeness (QED) is 0.0101. The monoisotopic (exact) mass is 1410 g/mol. The number of benzene rings is 8. The number of rotatable bonds is 38. The molecule has 1 fully saturated rings. The van der Waals surface area contributed by atoms with Gasteiger partial charge in [-0.2, -0.15) is 8.42 Å². The van der Waals surface area contributed by atoms with Gasteiger partial charge in [0.1, 0.15) is 110 Å². The first-order chi connectivity index (χ1) is 47.4. The van der Waals surface area contributed by atoms with Gasteiger partial charge in [0.15, 0.2) is 0 Å². The van der Waals surface area contributed by atoms with E-state index in [9.17, 15) is 57.1 Å². The van der Waals surface area contributed by atoms with Crippen LogP contribution in [0.1, 0.15) is 70.2 Å². The SMILES string of the molecule is O=S(=O)([O-])CCCCOCc1ccc(OCC(COc2ccc(CO)cc2)(COc2ccc(CO)cc2)COc2ccc(CO)cc2)cc1.O=S1(=O)CCCCO1.OCc1ccc(OCC(COc2ccc(CO)cc2)(COc2ccc(CO)cc2)COc2ccc(CO)cc2)cc1.[Na+]. The van der Waals surface area contributed by atoms with E-state index in [1.54, 1.807) is 170 Å². The average Bonchev–Trinajstić information content (AvgIpc) is 0.858. The van der Waals surface area contributed by atoms with Crippen molar-refractivity contribution in [2.24, 2.45) is 10.8 Å². The number of ether oxygens (including phenoxy) is 9. The second-order valence-corrected chi connectivity index (χ2v) is 26.7. The number of aliphatic hydroxyl groups excluding tert-OH is 7. The van der Waals surface area contributed by atoms with Crippen molar-refractivity contribution in [2.75, 3.05) is 77.6 Å². The molecule has 0 amide bonds. The van der Waals surface area contributed by atoms with E-state index in [0.717, 1.165) is 57.3 Å². The normalized spacial score (nSPS) is 12.6. The summed E-state index contributed by atoms with van der Waals surface area (Å²) in [5, 5.41) is 65.9. The molecule has 0 bridgehead atoms. The zero-order chi connectivity index (χ0) is 69.9. The summed E-state index contributed by atoms with van der Waals surface area (Å²) in [6.07, 6.45) is 2.36. The van der Waals surface area contributed by atoms with Crippen LogP contribution in [0.3, 0.4) is 0 Å². The summed E-state index contributed by atoms with van der Waals surface area (Å²) in [4.78, 5) is 0. The fourth-order valence-corrected chi connectivity index (χ4v) is 10.8. The van der Waals surface area contributed by atoms with Crippen molar-refractivity contribution in [2.45, 2.75) is 78.5 Å². The number of unbranched alkanes of at least 4 members (excludes halogenated alkanes) is 1. The molecule has 22 nitrogen and oxygen atoms in total. The third kappa shape index (κ3) is 29.8. The van der Waals surface area contributed by atoms with Gasteiger partial charge in [-0.1, -0.05) is 97.1 Å². The van der Waals surface area contributed by atoms with Gasteiger partial charge in [0, 0.05) is 12.4 Å². The Hall–Kier alpha value is -7.34. The Labute approximate surface area is 601 Å². The Bertz CT molecular complexity index is 3410. The first-order valence-corrected chi connectivity index (χ1v) is 35.0. The molecule has 0 radical (unpaired) electrons. The zero-order valence-electron chi connectivity index (χ0n) is 55.5. The van der Waals surface area contributed by atoms with Crippen LogP contribution in [0.15, 0.2) is 194 Å². The van der Waals surface area contributed by atoms with Crippen LogP contribution < -0.4 is 67.5 Å². The van der Waals surface area contributed by atoms with Gasteiger partial charge >= 0.3 is 29.6 Å². The molecule has 1 saturated heterocycles. The van der Waals surface area contributed by atoms with Gasteiger partial charge in [0.25, 0.3) is 10.1 Å². The molecule has 0 aliphatic carbocycles. The van der Waals surface area contributed by atoms with E-state index >= 15 is 0 Å². The van der Waals surface area contributed by atoms with Gasteiger partial charge in [0.2, 0.25) is 0 Å². The van der Waals surface area contributed by atoms with Crippen molar-refractivity contribution in [3.63, 3.8) is 0 Å². The fourth-order valence-electron chi connectivity index (χ4n) is 9.21. The van der Waals surface area contributed by atoms with Crippen molar-refractivity contribution in [1.82, 2.24) is 0 Å². The first kappa shape index (κ1) is 80.6. The van der Waals surface area contributed by atoms with E-state index in [1.165, 1.54) is 0 Å². The summed E-state index contributed by atoms with van der Waals surface area (Å²) in [6.45, 7) is 1.89. The van der Waals surface area contributed by atoms with Crippen LogP contribution in [0.5, 0.6) is 46.0 Å². The van der Waals surface area contributed by atoms with Crippen molar-refractivity contribution < 1.29 is 134 Å². The molecule has 8 aromatic rings. The van der Waals surface area contributed by atoms with Crippen LogP contribution in [-0.2, 0) is 82.0 Å². The second kappa shape index (κ2) is 42.7. The van der Waals surface area contributed by atoms with E-state index in [4.69, 9.17) is 42.6 Å². The van der Waals surface area contributed by atoms with Gasteiger partial charge in [0.05, 0.1) is 75.3 Å². The van der Waals surface area contributed by atoms with E-state index in [-0.39, 0.29) is 141 Å². The number of hydrogen-bond donors (Lipinski definition) is 7. The topological polar surface area (TPSA) is 325 Å². The molecule has 0 unspecified atom stereocenters. The van der Waals surface area contributed by atoms with E-state index < -0.39 is 36.8 Å². The van der Waals surface area contributed by atoms with Crippen LogP contribution in [-0.4, -0.2) is 135 Å². The molecule has 99 heavy (non-hydrogen) atoms. The summed E-state index contributed by atoms with van der Waals surface area (Å²) < 4.78 is 113. The Balaban J connectivity index is 0.000000280. The van der Waals surface area contributed by atoms with E-state index in [0.29, 0.717) is 72.2 Å².